The zero-order valence-corrected chi connectivity index (χ0v) is 9.52. The Labute approximate surface area is 89.0 Å². The van der Waals surface area contributed by atoms with Crippen molar-refractivity contribution in [3.63, 3.8) is 0 Å². The number of ether oxygens (including phenoxy) is 1. The summed E-state index contributed by atoms with van der Waals surface area (Å²) < 4.78 is 5.56. The molecule has 0 spiro atoms. The third-order valence-electron chi connectivity index (χ3n) is 1.55. The van der Waals surface area contributed by atoms with Gasteiger partial charge in [0.05, 0.1) is 10.9 Å². The van der Waals surface area contributed by atoms with Crippen LogP contribution in [-0.4, -0.2) is 19.1 Å². The van der Waals surface area contributed by atoms with Crippen LogP contribution < -0.4 is 5.73 Å². The van der Waals surface area contributed by atoms with Gasteiger partial charge in [-0.25, -0.2) is 0 Å². The first kappa shape index (κ1) is 10.7. The molecule has 0 saturated heterocycles. The molecule has 0 unspecified atom stereocenters. The number of thiophene rings is 1. The van der Waals surface area contributed by atoms with E-state index < -0.39 is 6.04 Å². The largest absolute Gasteiger partial charge is 0.468 e. The number of nitrogens with two attached hydrogens (primary N) is 1. The summed E-state index contributed by atoms with van der Waals surface area (Å²) in [6.45, 7) is 0. The van der Waals surface area contributed by atoms with E-state index in [2.05, 4.69) is 20.7 Å². The molecule has 0 bridgehead atoms. The van der Waals surface area contributed by atoms with Gasteiger partial charge in [-0.2, -0.15) is 0 Å². The van der Waals surface area contributed by atoms with Crippen molar-refractivity contribution in [2.75, 3.05) is 7.11 Å². The molecule has 72 valence electrons. The van der Waals surface area contributed by atoms with E-state index >= 15 is 0 Å². The van der Waals surface area contributed by atoms with Crippen molar-refractivity contribution < 1.29 is 9.53 Å². The lowest BCUT2D eigenvalue weighted by molar-refractivity contribution is -0.142. The number of hydrogen-bond donors (Lipinski definition) is 1. The molecule has 0 saturated carbocycles. The molecule has 1 atom stereocenters. The van der Waals surface area contributed by atoms with Crippen LogP contribution in [0.15, 0.2) is 15.9 Å². The molecular weight excluding hydrogens is 254 g/mol. The Hall–Kier alpha value is -0.390. The van der Waals surface area contributed by atoms with Gasteiger partial charge >= 0.3 is 5.97 Å². The van der Waals surface area contributed by atoms with Crippen molar-refractivity contribution in [2.24, 2.45) is 5.73 Å². The maximum absolute atomic E-state index is 11.0. The molecule has 1 aromatic heterocycles. The van der Waals surface area contributed by atoms with Gasteiger partial charge in [0, 0.05) is 11.3 Å². The van der Waals surface area contributed by atoms with E-state index in [1.54, 1.807) is 11.3 Å². The second kappa shape index (κ2) is 4.74. The topological polar surface area (TPSA) is 52.3 Å². The van der Waals surface area contributed by atoms with E-state index in [0.717, 1.165) is 8.66 Å². The smallest absolute Gasteiger partial charge is 0.323 e. The minimum atomic E-state index is -0.560. The molecule has 1 heterocycles. The number of halogens is 1. The molecule has 1 aromatic rings. The number of esters is 1. The fraction of sp³-hybridized carbons (Fsp3) is 0.375. The predicted octanol–water partition coefficient (Wildman–Crippen LogP) is 1.55. The predicted molar refractivity (Wildman–Crippen MR) is 55.7 cm³/mol. The van der Waals surface area contributed by atoms with E-state index in [1.807, 2.05) is 12.1 Å². The van der Waals surface area contributed by atoms with E-state index in [-0.39, 0.29) is 5.97 Å². The second-order valence-corrected chi connectivity index (χ2v) is 5.09. The van der Waals surface area contributed by atoms with Crippen LogP contribution in [0.5, 0.6) is 0 Å². The zero-order valence-electron chi connectivity index (χ0n) is 7.12. The minimum Gasteiger partial charge on any atom is -0.468 e. The average Bonchev–Trinajstić information content (AvgIpc) is 2.49. The number of carbonyl (C=O) groups excluding carboxylic acids is 1. The number of carbonyl (C=O) groups is 1. The molecule has 0 aliphatic rings. The van der Waals surface area contributed by atoms with Gasteiger partial charge in [0.25, 0.3) is 0 Å². The van der Waals surface area contributed by atoms with Crippen molar-refractivity contribution in [3.8, 4) is 0 Å². The molecule has 1 rings (SSSR count). The van der Waals surface area contributed by atoms with E-state index in [9.17, 15) is 4.79 Å². The first-order valence-corrected chi connectivity index (χ1v) is 5.32. The molecular formula is C8H10BrNO2S. The van der Waals surface area contributed by atoms with Crippen molar-refractivity contribution in [2.45, 2.75) is 12.5 Å². The molecule has 0 aliphatic heterocycles. The summed E-state index contributed by atoms with van der Waals surface area (Å²) in [5, 5.41) is 0. The molecule has 13 heavy (non-hydrogen) atoms. The Kier molecular flexibility index (Phi) is 3.90. The maximum Gasteiger partial charge on any atom is 0.323 e. The highest BCUT2D eigenvalue weighted by molar-refractivity contribution is 9.11. The molecule has 5 heteroatoms. The van der Waals surface area contributed by atoms with Crippen LogP contribution in [0.2, 0.25) is 0 Å². The Morgan fingerprint density at radius 2 is 2.46 bits per heavy atom. The van der Waals surface area contributed by atoms with Gasteiger partial charge in [0.2, 0.25) is 0 Å². The van der Waals surface area contributed by atoms with E-state index in [4.69, 9.17) is 5.73 Å². The first-order valence-electron chi connectivity index (χ1n) is 3.71. The second-order valence-electron chi connectivity index (χ2n) is 2.54. The number of methoxy groups -OCH3 is 1. The highest BCUT2D eigenvalue weighted by Crippen LogP contribution is 2.22. The summed E-state index contributed by atoms with van der Waals surface area (Å²) in [5.41, 5.74) is 5.59. The lowest BCUT2D eigenvalue weighted by Crippen LogP contribution is -2.33. The Balaban J connectivity index is 2.54. The molecule has 0 amide bonds. The maximum atomic E-state index is 11.0. The summed E-state index contributed by atoms with van der Waals surface area (Å²) in [4.78, 5) is 12.0. The fourth-order valence-electron chi connectivity index (χ4n) is 0.913. The van der Waals surface area contributed by atoms with Gasteiger partial charge in [-0.05, 0) is 28.1 Å². The summed E-state index contributed by atoms with van der Waals surface area (Å²) in [6.07, 6.45) is 0.531. The molecule has 0 fully saturated rings. The SMILES string of the molecule is COC(=O)[C@@H](N)Cc1ccc(Br)s1. The highest BCUT2D eigenvalue weighted by atomic mass is 79.9. The van der Waals surface area contributed by atoms with Crippen LogP contribution in [0.25, 0.3) is 0 Å². The van der Waals surface area contributed by atoms with Crippen molar-refractivity contribution in [1.82, 2.24) is 0 Å². The highest BCUT2D eigenvalue weighted by Gasteiger charge is 2.14. The first-order chi connectivity index (χ1) is 6.13. The standard InChI is InChI=1S/C8H10BrNO2S/c1-12-8(11)6(10)4-5-2-3-7(9)13-5/h2-3,6H,4,10H2,1H3/t6-/m0/s1. The number of rotatable bonds is 3. The van der Waals surface area contributed by atoms with Crippen LogP contribution in [0.1, 0.15) is 4.88 Å². The van der Waals surface area contributed by atoms with Crippen LogP contribution in [0.3, 0.4) is 0 Å². The van der Waals surface area contributed by atoms with E-state index in [0.29, 0.717) is 6.42 Å². The van der Waals surface area contributed by atoms with Gasteiger partial charge in [-0.15, -0.1) is 11.3 Å². The van der Waals surface area contributed by atoms with Gasteiger partial charge in [0.1, 0.15) is 6.04 Å². The molecule has 0 aromatic carbocycles. The monoisotopic (exact) mass is 263 g/mol. The summed E-state index contributed by atoms with van der Waals surface area (Å²) in [6, 6.07) is 3.32. The average molecular weight is 264 g/mol. The van der Waals surface area contributed by atoms with Gasteiger partial charge < -0.3 is 10.5 Å². The lowest BCUT2D eigenvalue weighted by atomic mass is 10.2. The summed E-state index contributed by atoms with van der Waals surface area (Å²) >= 11 is 4.91. The molecule has 3 nitrogen and oxygen atoms in total. The molecule has 2 N–H and O–H groups in total. The van der Waals surface area contributed by atoms with E-state index in [1.165, 1.54) is 7.11 Å². The minimum absolute atomic E-state index is 0.371. The summed E-state index contributed by atoms with van der Waals surface area (Å²) in [7, 11) is 1.34. The van der Waals surface area contributed by atoms with Gasteiger partial charge in [-0.3, -0.25) is 4.79 Å². The van der Waals surface area contributed by atoms with Crippen molar-refractivity contribution in [1.29, 1.82) is 0 Å². The lowest BCUT2D eigenvalue weighted by Gasteiger charge is -2.06. The third-order valence-corrected chi connectivity index (χ3v) is 3.20. The fourth-order valence-corrected chi connectivity index (χ4v) is 2.45. The Morgan fingerprint density at radius 1 is 1.77 bits per heavy atom. The van der Waals surface area contributed by atoms with Crippen molar-refractivity contribution in [3.05, 3.63) is 20.8 Å². The van der Waals surface area contributed by atoms with Crippen LogP contribution in [0, 0.1) is 0 Å². The van der Waals surface area contributed by atoms with Gasteiger partial charge in [-0.1, -0.05) is 0 Å². The van der Waals surface area contributed by atoms with Crippen LogP contribution >= 0.6 is 27.3 Å². The molecule has 0 aliphatic carbocycles. The van der Waals surface area contributed by atoms with Crippen LogP contribution in [0.4, 0.5) is 0 Å². The third kappa shape index (κ3) is 3.10. The van der Waals surface area contributed by atoms with Crippen LogP contribution in [-0.2, 0) is 16.0 Å². The zero-order chi connectivity index (χ0) is 9.84. The Bertz CT molecular complexity index is 300. The van der Waals surface area contributed by atoms with Crippen molar-refractivity contribution >= 4 is 33.2 Å². The quantitative estimate of drug-likeness (QED) is 0.843. The normalized spacial score (nSPS) is 12.5. The van der Waals surface area contributed by atoms with Gasteiger partial charge in [0.15, 0.2) is 0 Å². The Morgan fingerprint density at radius 3 is 2.92 bits per heavy atom. The summed E-state index contributed by atoms with van der Waals surface area (Å²) in [5.74, 6) is -0.371. The molecule has 0 radical (unpaired) electrons. The number of hydrogen-bond acceptors (Lipinski definition) is 4.